The molecule has 154 valence electrons. The van der Waals surface area contributed by atoms with Gasteiger partial charge < -0.3 is 9.47 Å². The molecule has 0 bridgehead atoms. The van der Waals surface area contributed by atoms with Crippen LogP contribution < -0.4 is 18.5 Å². The Hall–Kier alpha value is -2.63. The number of rotatable bonds is 5. The summed E-state index contributed by atoms with van der Waals surface area (Å²) >= 11 is 0. The molecule has 2 aliphatic heterocycles. The summed E-state index contributed by atoms with van der Waals surface area (Å²) in [5.41, 5.74) is 1.11. The van der Waals surface area contributed by atoms with Crippen LogP contribution in [0.1, 0.15) is 17.5 Å². The Morgan fingerprint density at radius 3 is 2.59 bits per heavy atom. The van der Waals surface area contributed by atoms with Gasteiger partial charge in [0.2, 0.25) is 32.7 Å². The van der Waals surface area contributed by atoms with E-state index in [1.165, 1.54) is 18.2 Å². The number of carbonyl (C=O) groups excluding carboxylic acids is 1. The van der Waals surface area contributed by atoms with E-state index in [9.17, 15) is 21.6 Å². The van der Waals surface area contributed by atoms with E-state index in [2.05, 4.69) is 4.72 Å². The van der Waals surface area contributed by atoms with E-state index in [1.54, 1.807) is 25.1 Å². The SMILES string of the molecule is Cc1ccc(N2C(=O)CCS2(=O)=O)cc1S(=O)(=O)NCc1ccc2c(c1)OCO2. The molecule has 0 saturated carbocycles. The molecule has 2 aromatic carbocycles. The molecule has 11 heteroatoms. The second kappa shape index (κ2) is 7.01. The molecule has 0 spiro atoms. The van der Waals surface area contributed by atoms with Crippen molar-refractivity contribution in [1.82, 2.24) is 4.72 Å². The fourth-order valence-electron chi connectivity index (χ4n) is 3.18. The van der Waals surface area contributed by atoms with Crippen molar-refractivity contribution in [3.8, 4) is 11.5 Å². The molecule has 0 aliphatic carbocycles. The molecule has 29 heavy (non-hydrogen) atoms. The first-order valence-corrected chi connectivity index (χ1v) is 11.8. The van der Waals surface area contributed by atoms with Crippen LogP contribution in [0.5, 0.6) is 11.5 Å². The van der Waals surface area contributed by atoms with E-state index in [0.717, 1.165) is 0 Å². The minimum absolute atomic E-state index is 0.00356. The van der Waals surface area contributed by atoms with Crippen molar-refractivity contribution in [1.29, 1.82) is 0 Å². The summed E-state index contributed by atoms with van der Waals surface area (Å²) in [6.07, 6.45) is -0.124. The molecule has 1 fully saturated rings. The van der Waals surface area contributed by atoms with Crippen molar-refractivity contribution >= 4 is 31.6 Å². The van der Waals surface area contributed by atoms with Crippen LogP contribution >= 0.6 is 0 Å². The van der Waals surface area contributed by atoms with Crippen LogP contribution in [0.2, 0.25) is 0 Å². The molecular formula is C18H18N2O7S2. The molecule has 1 saturated heterocycles. The maximum Gasteiger partial charge on any atom is 0.242 e. The maximum atomic E-state index is 12.9. The van der Waals surface area contributed by atoms with Gasteiger partial charge in [0.05, 0.1) is 16.3 Å². The summed E-state index contributed by atoms with van der Waals surface area (Å²) < 4.78 is 63.7. The third kappa shape index (κ3) is 3.68. The Morgan fingerprint density at radius 1 is 1.10 bits per heavy atom. The number of ether oxygens (including phenoxy) is 2. The number of benzene rings is 2. The van der Waals surface area contributed by atoms with Crippen LogP contribution in [0, 0.1) is 6.92 Å². The number of amides is 1. The second-order valence-corrected chi connectivity index (χ2v) is 10.4. The lowest BCUT2D eigenvalue weighted by Crippen LogP contribution is -2.30. The lowest BCUT2D eigenvalue weighted by atomic mass is 10.2. The predicted molar refractivity (Wildman–Crippen MR) is 104 cm³/mol. The Kier molecular flexibility index (Phi) is 4.75. The van der Waals surface area contributed by atoms with Gasteiger partial charge in [0.15, 0.2) is 11.5 Å². The van der Waals surface area contributed by atoms with Gasteiger partial charge >= 0.3 is 0 Å². The topological polar surface area (TPSA) is 119 Å². The number of carbonyl (C=O) groups is 1. The highest BCUT2D eigenvalue weighted by atomic mass is 32.2. The summed E-state index contributed by atoms with van der Waals surface area (Å²) in [5.74, 6) is 0.268. The summed E-state index contributed by atoms with van der Waals surface area (Å²) in [6.45, 7) is 1.72. The van der Waals surface area contributed by atoms with Crippen molar-refractivity contribution in [2.24, 2.45) is 0 Å². The summed E-state index contributed by atoms with van der Waals surface area (Å²) in [4.78, 5) is 11.9. The van der Waals surface area contributed by atoms with Gasteiger partial charge in [-0.2, -0.15) is 0 Å². The molecule has 1 N–H and O–H groups in total. The quantitative estimate of drug-likeness (QED) is 0.747. The van der Waals surface area contributed by atoms with E-state index in [1.807, 2.05) is 0 Å². The molecule has 0 radical (unpaired) electrons. The van der Waals surface area contributed by atoms with Crippen LogP contribution in [0.25, 0.3) is 0 Å². The van der Waals surface area contributed by atoms with Gasteiger partial charge in [-0.05, 0) is 42.3 Å². The fourth-order valence-corrected chi connectivity index (χ4v) is 5.91. The molecule has 2 aromatic rings. The summed E-state index contributed by atoms with van der Waals surface area (Å²) in [5, 5.41) is 0. The van der Waals surface area contributed by atoms with Crippen molar-refractivity contribution in [3.05, 3.63) is 47.5 Å². The number of sulfonamides is 2. The normalized spacial score (nSPS) is 17.7. The molecule has 0 aromatic heterocycles. The van der Waals surface area contributed by atoms with Gasteiger partial charge in [-0.15, -0.1) is 0 Å². The summed E-state index contributed by atoms with van der Waals surface area (Å²) in [7, 11) is -7.75. The van der Waals surface area contributed by atoms with E-state index in [-0.39, 0.29) is 36.1 Å². The number of anilines is 1. The van der Waals surface area contributed by atoms with Crippen LogP contribution in [0.3, 0.4) is 0 Å². The molecule has 9 nitrogen and oxygen atoms in total. The second-order valence-electron chi connectivity index (χ2n) is 6.69. The zero-order valence-electron chi connectivity index (χ0n) is 15.4. The molecule has 0 atom stereocenters. The van der Waals surface area contributed by atoms with Crippen LogP contribution in [-0.4, -0.2) is 35.3 Å². The predicted octanol–water partition coefficient (Wildman–Crippen LogP) is 1.27. The van der Waals surface area contributed by atoms with Crippen LogP contribution in [-0.2, 0) is 31.4 Å². The number of nitrogens with zero attached hydrogens (tertiary/aromatic N) is 1. The number of nitrogens with one attached hydrogen (secondary N) is 1. The lowest BCUT2D eigenvalue weighted by molar-refractivity contribution is -0.116. The third-order valence-corrected chi connectivity index (χ3v) is 7.91. The minimum Gasteiger partial charge on any atom is -0.454 e. The molecule has 2 aliphatic rings. The highest BCUT2D eigenvalue weighted by Crippen LogP contribution is 2.33. The monoisotopic (exact) mass is 438 g/mol. The Bertz CT molecular complexity index is 1210. The van der Waals surface area contributed by atoms with Gasteiger partial charge in [0.1, 0.15) is 0 Å². The van der Waals surface area contributed by atoms with Crippen LogP contribution in [0.4, 0.5) is 5.69 Å². The highest BCUT2D eigenvalue weighted by Gasteiger charge is 2.37. The van der Waals surface area contributed by atoms with Gasteiger partial charge in [-0.25, -0.2) is 25.9 Å². The van der Waals surface area contributed by atoms with E-state index < -0.39 is 26.0 Å². The maximum absolute atomic E-state index is 12.9. The first-order valence-electron chi connectivity index (χ1n) is 8.72. The fraction of sp³-hybridized carbons (Fsp3) is 0.278. The molecular weight excluding hydrogens is 420 g/mol. The van der Waals surface area contributed by atoms with Crippen molar-refractivity contribution in [2.45, 2.75) is 24.8 Å². The Balaban J connectivity index is 1.60. The number of hydrogen-bond acceptors (Lipinski definition) is 7. The average Bonchev–Trinajstić information content (AvgIpc) is 3.24. The molecule has 4 rings (SSSR count). The number of hydrogen-bond donors (Lipinski definition) is 1. The molecule has 1 amide bonds. The van der Waals surface area contributed by atoms with Crippen LogP contribution in [0.15, 0.2) is 41.3 Å². The first kappa shape index (κ1) is 19.7. The van der Waals surface area contributed by atoms with Crippen molar-refractivity contribution < 1.29 is 31.1 Å². The summed E-state index contributed by atoms with van der Waals surface area (Å²) in [6, 6.07) is 9.21. The van der Waals surface area contributed by atoms with Gasteiger partial charge in [-0.3, -0.25) is 4.79 Å². The standard InChI is InChI=1S/C18H18N2O7S2/c1-12-2-4-14(20-18(21)6-7-28(20,22)23)9-17(12)29(24,25)19-10-13-3-5-15-16(8-13)27-11-26-15/h2-5,8-9,19H,6-7,10-11H2,1H3. The van der Waals surface area contributed by atoms with E-state index in [4.69, 9.17) is 9.47 Å². The highest BCUT2D eigenvalue weighted by molar-refractivity contribution is 7.94. The smallest absolute Gasteiger partial charge is 0.242 e. The number of fused-ring (bicyclic) bond motifs is 1. The van der Waals surface area contributed by atoms with Gasteiger partial charge in [0.25, 0.3) is 0 Å². The van der Waals surface area contributed by atoms with E-state index >= 15 is 0 Å². The Labute approximate surface area is 168 Å². The third-order valence-electron chi connectivity index (χ3n) is 4.68. The van der Waals surface area contributed by atoms with Gasteiger partial charge in [-0.1, -0.05) is 12.1 Å². The molecule has 2 heterocycles. The zero-order valence-corrected chi connectivity index (χ0v) is 17.0. The minimum atomic E-state index is -3.96. The van der Waals surface area contributed by atoms with E-state index in [0.29, 0.717) is 26.9 Å². The van der Waals surface area contributed by atoms with Crippen molar-refractivity contribution in [2.75, 3.05) is 16.9 Å². The van der Waals surface area contributed by atoms with Crippen molar-refractivity contribution in [3.63, 3.8) is 0 Å². The largest absolute Gasteiger partial charge is 0.454 e. The Morgan fingerprint density at radius 2 is 1.86 bits per heavy atom. The average molecular weight is 438 g/mol. The molecule has 0 unspecified atom stereocenters. The first-order chi connectivity index (χ1) is 13.7. The lowest BCUT2D eigenvalue weighted by Gasteiger charge is -2.17. The zero-order chi connectivity index (χ0) is 20.8. The van der Waals surface area contributed by atoms with Gasteiger partial charge in [0, 0.05) is 13.0 Å². The number of aryl methyl sites for hydroxylation is 1.